The van der Waals surface area contributed by atoms with E-state index in [0.717, 1.165) is 0 Å². The van der Waals surface area contributed by atoms with Crippen molar-refractivity contribution in [2.75, 3.05) is 0 Å². The number of benzene rings is 1. The van der Waals surface area contributed by atoms with Crippen molar-refractivity contribution in [2.45, 2.75) is 0 Å². The van der Waals surface area contributed by atoms with Crippen LogP contribution in [0.4, 0.5) is 0 Å². The Bertz CT molecular complexity index is 80.5. The van der Waals surface area contributed by atoms with Crippen molar-refractivity contribution in [3.63, 3.8) is 0 Å². The zero-order valence-electron chi connectivity index (χ0n) is 3.89. The fourth-order valence-corrected chi connectivity index (χ4v) is 0.342. The van der Waals surface area contributed by atoms with Crippen molar-refractivity contribution in [3.8, 4) is 0 Å². The average molecular weight is 286 g/mol. The normalized spacial score (nSPS) is 6.86. The van der Waals surface area contributed by atoms with Crippen molar-refractivity contribution < 1.29 is 1.43 Å². The van der Waals surface area contributed by atoms with Crippen molar-refractivity contribution in [1.29, 1.82) is 0 Å². The molecule has 0 nitrogen and oxygen atoms in total. The van der Waals surface area contributed by atoms with E-state index in [-0.39, 0.29) is 28.7 Å². The largest absolute Gasteiger partial charge is 0.0622 e. The third kappa shape index (κ3) is 2.79. The van der Waals surface area contributed by atoms with Gasteiger partial charge >= 0.3 is 0 Å². The quantitative estimate of drug-likeness (QED) is 0.632. The topological polar surface area (TPSA) is 0 Å². The molecule has 0 spiro atoms. The van der Waals surface area contributed by atoms with E-state index in [4.69, 9.17) is 0 Å². The van der Waals surface area contributed by atoms with Crippen molar-refractivity contribution >= 4 is 27.3 Å². The van der Waals surface area contributed by atoms with Crippen LogP contribution in [0.3, 0.4) is 0 Å². The zero-order chi connectivity index (χ0) is 4.24. The SMILES string of the molecule is [HH].[Pb].[c]1ccccc1. The van der Waals surface area contributed by atoms with Crippen molar-refractivity contribution in [1.82, 2.24) is 0 Å². The first-order chi connectivity index (χ1) is 3.00. The molecule has 7 heavy (non-hydrogen) atoms. The molecule has 0 atom stereocenters. The van der Waals surface area contributed by atoms with Gasteiger partial charge in [0.25, 0.3) is 0 Å². The summed E-state index contributed by atoms with van der Waals surface area (Å²) in [4.78, 5) is 0. The Morgan fingerprint density at radius 1 is 1.00 bits per heavy atom. The van der Waals surface area contributed by atoms with Crippen LogP contribution in [-0.4, -0.2) is 27.3 Å². The summed E-state index contributed by atoms with van der Waals surface area (Å²) in [5.74, 6) is 0. The molecule has 1 aromatic rings. The van der Waals surface area contributed by atoms with Crippen molar-refractivity contribution in [3.05, 3.63) is 36.4 Å². The van der Waals surface area contributed by atoms with Crippen LogP contribution in [0.25, 0.3) is 0 Å². The van der Waals surface area contributed by atoms with Gasteiger partial charge in [0.1, 0.15) is 0 Å². The Balaban J connectivity index is 0. The summed E-state index contributed by atoms with van der Waals surface area (Å²) in [6.45, 7) is 0. The fourth-order valence-electron chi connectivity index (χ4n) is 0.342. The molecule has 0 unspecified atom stereocenters. The average Bonchev–Trinajstić information content (AvgIpc) is 1.72. The molecule has 0 heterocycles. The van der Waals surface area contributed by atoms with Crippen LogP contribution in [0, 0.1) is 6.07 Å². The van der Waals surface area contributed by atoms with E-state index < -0.39 is 0 Å². The molecule has 0 saturated heterocycles. The molecule has 0 aliphatic rings. The van der Waals surface area contributed by atoms with Crippen LogP contribution in [0.5, 0.6) is 0 Å². The summed E-state index contributed by atoms with van der Waals surface area (Å²) < 4.78 is 0. The van der Waals surface area contributed by atoms with Gasteiger partial charge in [0.15, 0.2) is 0 Å². The van der Waals surface area contributed by atoms with Gasteiger partial charge in [0, 0.05) is 28.7 Å². The second kappa shape index (κ2) is 4.30. The van der Waals surface area contributed by atoms with Gasteiger partial charge in [0.05, 0.1) is 0 Å². The minimum Gasteiger partial charge on any atom is -0.0622 e. The Hall–Kier alpha value is 0.142. The van der Waals surface area contributed by atoms with Gasteiger partial charge in [-0.1, -0.05) is 30.3 Å². The standard InChI is InChI=1S/C6H5.Pb.H2/c1-2-4-6-5-3-1;;/h1-5H;;1H. The Morgan fingerprint density at radius 3 is 1.71 bits per heavy atom. The number of rotatable bonds is 0. The van der Waals surface area contributed by atoms with Crippen LogP contribution < -0.4 is 0 Å². The summed E-state index contributed by atoms with van der Waals surface area (Å²) in [5.41, 5.74) is 0. The van der Waals surface area contributed by atoms with E-state index in [2.05, 4.69) is 6.07 Å². The Kier molecular flexibility index (Phi) is 4.39. The maximum atomic E-state index is 2.89. The molecule has 0 aliphatic heterocycles. The first-order valence-electron chi connectivity index (χ1n) is 1.91. The van der Waals surface area contributed by atoms with E-state index >= 15 is 0 Å². The summed E-state index contributed by atoms with van der Waals surface area (Å²) in [6.07, 6.45) is 0. The summed E-state index contributed by atoms with van der Waals surface area (Å²) in [5, 5.41) is 0. The molecule has 35 valence electrons. The van der Waals surface area contributed by atoms with E-state index in [0.29, 0.717) is 0 Å². The molecule has 0 saturated carbocycles. The van der Waals surface area contributed by atoms with Gasteiger partial charge in [-0.15, -0.1) is 0 Å². The van der Waals surface area contributed by atoms with E-state index in [1.807, 2.05) is 30.3 Å². The predicted octanol–water partition coefficient (Wildman–Crippen LogP) is 1.35. The molecular weight excluding hydrogens is 279 g/mol. The van der Waals surface area contributed by atoms with E-state index in [1.54, 1.807) is 0 Å². The van der Waals surface area contributed by atoms with Crippen LogP contribution in [0.1, 0.15) is 1.43 Å². The third-order valence-electron chi connectivity index (χ3n) is 0.607. The number of hydrogen-bond donors (Lipinski definition) is 0. The van der Waals surface area contributed by atoms with Crippen molar-refractivity contribution in [2.24, 2.45) is 0 Å². The summed E-state index contributed by atoms with van der Waals surface area (Å²) >= 11 is 0. The first-order valence-corrected chi connectivity index (χ1v) is 1.91. The molecule has 0 aromatic heterocycles. The summed E-state index contributed by atoms with van der Waals surface area (Å²) in [6, 6.07) is 12.5. The smallest absolute Gasteiger partial charge is 0 e. The van der Waals surface area contributed by atoms with E-state index in [1.165, 1.54) is 0 Å². The monoisotopic (exact) mass is 287 g/mol. The van der Waals surface area contributed by atoms with Gasteiger partial charge < -0.3 is 0 Å². The number of hydrogen-bond acceptors (Lipinski definition) is 0. The van der Waals surface area contributed by atoms with Gasteiger partial charge in [-0.25, -0.2) is 0 Å². The fraction of sp³-hybridized carbons (Fsp3) is 0. The minimum absolute atomic E-state index is 0. The van der Waals surface area contributed by atoms with Gasteiger partial charge in [0.2, 0.25) is 0 Å². The molecule has 0 N–H and O–H groups in total. The van der Waals surface area contributed by atoms with Gasteiger partial charge in [-0.2, -0.15) is 0 Å². The summed E-state index contributed by atoms with van der Waals surface area (Å²) in [7, 11) is 0. The zero-order valence-corrected chi connectivity index (χ0v) is 7.77. The van der Waals surface area contributed by atoms with Crippen LogP contribution in [0.2, 0.25) is 0 Å². The maximum absolute atomic E-state index is 2.89. The second-order valence-electron chi connectivity index (χ2n) is 1.08. The minimum atomic E-state index is 0. The molecule has 1 heteroatoms. The van der Waals surface area contributed by atoms with Crippen LogP contribution in [-0.2, 0) is 0 Å². The molecular formula is C6H7Pb. The first kappa shape index (κ1) is 7.14. The van der Waals surface area contributed by atoms with Gasteiger partial charge in [-0.05, 0) is 6.07 Å². The Labute approximate surface area is 65.2 Å². The molecule has 0 amide bonds. The molecule has 1 rings (SSSR count). The predicted molar refractivity (Wildman–Crippen MR) is 33.1 cm³/mol. The Morgan fingerprint density at radius 2 is 1.57 bits per heavy atom. The third-order valence-corrected chi connectivity index (χ3v) is 0.607. The van der Waals surface area contributed by atoms with E-state index in [9.17, 15) is 0 Å². The molecule has 1 aromatic carbocycles. The molecule has 0 fully saturated rings. The van der Waals surface area contributed by atoms with Crippen LogP contribution >= 0.6 is 0 Å². The molecule has 0 aliphatic carbocycles. The van der Waals surface area contributed by atoms with Crippen LogP contribution in [0.15, 0.2) is 30.3 Å². The molecule has 0 bridgehead atoms. The second-order valence-corrected chi connectivity index (χ2v) is 1.08. The molecule has 5 radical (unpaired) electrons. The maximum Gasteiger partial charge on any atom is 0 e. The van der Waals surface area contributed by atoms with Gasteiger partial charge in [-0.3, -0.25) is 0 Å².